The molecule has 0 nitrogen and oxygen atoms in total. The summed E-state index contributed by atoms with van der Waals surface area (Å²) in [7, 11) is 0. The van der Waals surface area contributed by atoms with Crippen LogP contribution in [0.3, 0.4) is 0 Å². The maximum absolute atomic E-state index is 2.39. The molecule has 0 heteroatoms. The average molecular weight is 373 g/mol. The van der Waals surface area contributed by atoms with E-state index in [2.05, 4.69) is 85.8 Å². The van der Waals surface area contributed by atoms with Gasteiger partial charge >= 0.3 is 0 Å². The van der Waals surface area contributed by atoms with Crippen molar-refractivity contribution in [3.05, 3.63) is 107 Å². The fraction of sp³-hybridized carbons (Fsp3) is 0.172. The smallest absolute Gasteiger partial charge is 0.000718 e. The Balaban J connectivity index is 1.61. The molecule has 0 unspecified atom stereocenters. The van der Waals surface area contributed by atoms with Gasteiger partial charge in [-0.15, -0.1) is 0 Å². The minimum atomic E-state index is 1.05. The first-order valence-corrected chi connectivity index (χ1v) is 10.8. The van der Waals surface area contributed by atoms with Crippen LogP contribution in [0.15, 0.2) is 78.9 Å². The minimum absolute atomic E-state index is 1.05. The first-order chi connectivity index (χ1) is 14.3. The molecule has 6 rings (SSSR count). The Labute approximate surface area is 172 Å². The van der Waals surface area contributed by atoms with Gasteiger partial charge in [-0.25, -0.2) is 0 Å². The molecular weight excluding hydrogens is 348 g/mol. The van der Waals surface area contributed by atoms with Gasteiger partial charge in [0.1, 0.15) is 0 Å². The van der Waals surface area contributed by atoms with Crippen LogP contribution in [0, 0.1) is 0 Å². The molecule has 0 amide bonds. The Bertz CT molecular complexity index is 1260. The van der Waals surface area contributed by atoms with Gasteiger partial charge in [0.15, 0.2) is 0 Å². The number of aryl methyl sites for hydroxylation is 1. The van der Waals surface area contributed by atoms with Crippen LogP contribution in [0.5, 0.6) is 0 Å². The second kappa shape index (κ2) is 6.46. The van der Waals surface area contributed by atoms with Gasteiger partial charge in [-0.2, -0.15) is 0 Å². The number of rotatable bonds is 3. The van der Waals surface area contributed by atoms with E-state index in [4.69, 9.17) is 0 Å². The normalized spacial score (nSPS) is 13.0. The van der Waals surface area contributed by atoms with Gasteiger partial charge in [-0.3, -0.25) is 0 Å². The van der Waals surface area contributed by atoms with E-state index in [1.807, 2.05) is 0 Å². The Morgan fingerprint density at radius 1 is 0.552 bits per heavy atom. The summed E-state index contributed by atoms with van der Waals surface area (Å²) in [6, 6.07) is 29.5. The predicted molar refractivity (Wildman–Crippen MR) is 122 cm³/mol. The summed E-state index contributed by atoms with van der Waals surface area (Å²) in [6.07, 6.45) is 4.41. The molecule has 0 heterocycles. The van der Waals surface area contributed by atoms with Crippen LogP contribution in [0.2, 0.25) is 0 Å². The van der Waals surface area contributed by atoms with E-state index in [0.29, 0.717) is 0 Å². The standard InChI is InChI=1S/C29H24/c1-2-8-19-15-16-25-23-12-6-4-10-21(23)18-28(25)29(19)26-14-7-13-24-22-11-5-3-9-20(22)17-27(24)26/h3-7,9-16H,2,8,17-18H2,1H3. The first kappa shape index (κ1) is 16.8. The molecule has 29 heavy (non-hydrogen) atoms. The molecule has 140 valence electrons. The second-order valence-corrected chi connectivity index (χ2v) is 8.38. The molecule has 0 saturated heterocycles. The molecule has 0 aromatic heterocycles. The third kappa shape index (κ3) is 2.45. The van der Waals surface area contributed by atoms with Crippen LogP contribution >= 0.6 is 0 Å². The van der Waals surface area contributed by atoms with Crippen molar-refractivity contribution in [1.29, 1.82) is 0 Å². The van der Waals surface area contributed by atoms with E-state index in [1.165, 1.54) is 67.6 Å². The number of hydrogen-bond donors (Lipinski definition) is 0. The lowest BCUT2D eigenvalue weighted by molar-refractivity contribution is 0.921. The molecule has 0 aliphatic heterocycles. The highest BCUT2D eigenvalue weighted by atomic mass is 14.3. The van der Waals surface area contributed by atoms with Crippen molar-refractivity contribution >= 4 is 0 Å². The molecule has 0 N–H and O–H groups in total. The number of hydrogen-bond acceptors (Lipinski definition) is 0. The van der Waals surface area contributed by atoms with Crippen molar-refractivity contribution < 1.29 is 0 Å². The lowest BCUT2D eigenvalue weighted by atomic mass is 9.86. The summed E-state index contributed by atoms with van der Waals surface area (Å²) in [5.41, 5.74) is 16.1. The molecule has 0 radical (unpaired) electrons. The van der Waals surface area contributed by atoms with E-state index in [1.54, 1.807) is 0 Å². The quantitative estimate of drug-likeness (QED) is 0.303. The summed E-state index contributed by atoms with van der Waals surface area (Å²) in [4.78, 5) is 0. The molecule has 0 bridgehead atoms. The van der Waals surface area contributed by atoms with Gasteiger partial charge in [0.25, 0.3) is 0 Å². The van der Waals surface area contributed by atoms with E-state index >= 15 is 0 Å². The molecule has 2 aliphatic rings. The van der Waals surface area contributed by atoms with Crippen molar-refractivity contribution in [3.8, 4) is 33.4 Å². The zero-order valence-corrected chi connectivity index (χ0v) is 16.8. The molecule has 0 saturated carbocycles. The van der Waals surface area contributed by atoms with Crippen molar-refractivity contribution in [3.63, 3.8) is 0 Å². The van der Waals surface area contributed by atoms with Crippen LogP contribution in [0.25, 0.3) is 33.4 Å². The summed E-state index contributed by atoms with van der Waals surface area (Å²) in [5.74, 6) is 0. The van der Waals surface area contributed by atoms with Crippen LogP contribution < -0.4 is 0 Å². The SMILES string of the molecule is CCCc1ccc2c(c1-c1cccc3c1Cc1ccccc1-3)Cc1ccccc1-2. The molecular formula is C29H24. The van der Waals surface area contributed by atoms with Crippen LogP contribution in [0.4, 0.5) is 0 Å². The summed E-state index contributed by atoms with van der Waals surface area (Å²) < 4.78 is 0. The average Bonchev–Trinajstić information content (AvgIpc) is 3.32. The van der Waals surface area contributed by atoms with Gasteiger partial charge in [0.2, 0.25) is 0 Å². The highest BCUT2D eigenvalue weighted by Gasteiger charge is 2.27. The molecule has 4 aromatic carbocycles. The molecule has 2 aliphatic carbocycles. The van der Waals surface area contributed by atoms with Crippen molar-refractivity contribution in [2.45, 2.75) is 32.6 Å². The lowest BCUT2D eigenvalue weighted by Gasteiger charge is -2.18. The second-order valence-electron chi connectivity index (χ2n) is 8.38. The van der Waals surface area contributed by atoms with Crippen LogP contribution in [0.1, 0.15) is 41.2 Å². The van der Waals surface area contributed by atoms with E-state index in [0.717, 1.165) is 19.3 Å². The van der Waals surface area contributed by atoms with E-state index < -0.39 is 0 Å². The number of benzene rings is 4. The van der Waals surface area contributed by atoms with E-state index in [-0.39, 0.29) is 0 Å². The monoisotopic (exact) mass is 372 g/mol. The zero-order valence-electron chi connectivity index (χ0n) is 16.8. The van der Waals surface area contributed by atoms with Gasteiger partial charge in [-0.05, 0) is 80.5 Å². The molecule has 4 aromatic rings. The van der Waals surface area contributed by atoms with Gasteiger partial charge in [-0.1, -0.05) is 92.2 Å². The molecule has 0 atom stereocenters. The summed E-state index contributed by atoms with van der Waals surface area (Å²) in [5, 5.41) is 0. The Morgan fingerprint density at radius 2 is 1.14 bits per heavy atom. The Kier molecular flexibility index (Phi) is 3.74. The Morgan fingerprint density at radius 3 is 1.86 bits per heavy atom. The topological polar surface area (TPSA) is 0 Å². The first-order valence-electron chi connectivity index (χ1n) is 10.8. The third-order valence-corrected chi connectivity index (χ3v) is 6.71. The summed E-state index contributed by atoms with van der Waals surface area (Å²) in [6.45, 7) is 2.29. The predicted octanol–water partition coefficient (Wildman–Crippen LogP) is 7.45. The minimum Gasteiger partial charge on any atom is -0.0651 e. The molecule has 0 spiro atoms. The van der Waals surface area contributed by atoms with Gasteiger partial charge in [0.05, 0.1) is 0 Å². The third-order valence-electron chi connectivity index (χ3n) is 6.71. The lowest BCUT2D eigenvalue weighted by Crippen LogP contribution is -1.99. The van der Waals surface area contributed by atoms with Gasteiger partial charge in [0, 0.05) is 0 Å². The maximum atomic E-state index is 2.39. The van der Waals surface area contributed by atoms with Crippen LogP contribution in [-0.2, 0) is 19.3 Å². The largest absolute Gasteiger partial charge is 0.0651 e. The highest BCUT2D eigenvalue weighted by Crippen LogP contribution is 2.47. The fourth-order valence-corrected chi connectivity index (χ4v) is 5.46. The van der Waals surface area contributed by atoms with Crippen LogP contribution in [-0.4, -0.2) is 0 Å². The van der Waals surface area contributed by atoms with Crippen molar-refractivity contribution in [2.24, 2.45) is 0 Å². The van der Waals surface area contributed by atoms with Crippen molar-refractivity contribution in [1.82, 2.24) is 0 Å². The van der Waals surface area contributed by atoms with Gasteiger partial charge < -0.3 is 0 Å². The zero-order chi connectivity index (χ0) is 19.4. The number of fused-ring (bicyclic) bond motifs is 6. The highest BCUT2D eigenvalue weighted by molar-refractivity contribution is 5.91. The maximum Gasteiger partial charge on any atom is -0.000718 e. The molecule has 0 fully saturated rings. The Hall–Kier alpha value is -3.12. The van der Waals surface area contributed by atoms with E-state index in [9.17, 15) is 0 Å². The summed E-state index contributed by atoms with van der Waals surface area (Å²) >= 11 is 0. The fourth-order valence-electron chi connectivity index (χ4n) is 5.46. The van der Waals surface area contributed by atoms with Crippen molar-refractivity contribution in [2.75, 3.05) is 0 Å².